The van der Waals surface area contributed by atoms with E-state index in [0.717, 1.165) is 37.4 Å². The molecule has 4 heterocycles. The van der Waals surface area contributed by atoms with Crippen LogP contribution in [0.2, 0.25) is 0 Å². The molecule has 0 aliphatic carbocycles. The number of nitrogens with zero attached hydrogens (tertiary/aromatic N) is 3. The van der Waals surface area contributed by atoms with E-state index in [9.17, 15) is 24.0 Å². The van der Waals surface area contributed by atoms with E-state index < -0.39 is 29.7 Å². The van der Waals surface area contributed by atoms with Crippen molar-refractivity contribution in [3.63, 3.8) is 0 Å². The van der Waals surface area contributed by atoms with Crippen LogP contribution in [0.15, 0.2) is 18.2 Å². The predicted molar refractivity (Wildman–Crippen MR) is 116 cm³/mol. The molecule has 10 nitrogen and oxygen atoms in total. The molecule has 4 aliphatic heterocycles. The van der Waals surface area contributed by atoms with Gasteiger partial charge in [0.1, 0.15) is 6.04 Å². The predicted octanol–water partition coefficient (Wildman–Crippen LogP) is -0.516. The van der Waals surface area contributed by atoms with Crippen molar-refractivity contribution in [2.45, 2.75) is 44.3 Å². The molecule has 5 amide bonds. The number of amides is 5. The third-order valence-electron chi connectivity index (χ3n) is 7.01. The minimum absolute atomic E-state index is 0.0836. The molecule has 3 saturated heterocycles. The second kappa shape index (κ2) is 8.68. The smallest absolute Gasteiger partial charge is 0.262 e. The third kappa shape index (κ3) is 3.83. The van der Waals surface area contributed by atoms with Crippen LogP contribution in [0.4, 0.5) is 0 Å². The first-order valence-corrected chi connectivity index (χ1v) is 11.5. The molecule has 174 valence electrons. The van der Waals surface area contributed by atoms with Crippen molar-refractivity contribution < 1.29 is 24.0 Å². The lowest BCUT2D eigenvalue weighted by Crippen LogP contribution is -2.54. The van der Waals surface area contributed by atoms with Crippen molar-refractivity contribution in [3.05, 3.63) is 34.9 Å². The number of hydrogen-bond acceptors (Lipinski definition) is 7. The van der Waals surface area contributed by atoms with Gasteiger partial charge in [-0.1, -0.05) is 12.1 Å². The molecule has 10 heteroatoms. The van der Waals surface area contributed by atoms with E-state index >= 15 is 0 Å². The van der Waals surface area contributed by atoms with Crippen LogP contribution in [0.1, 0.15) is 52.0 Å². The third-order valence-corrected chi connectivity index (χ3v) is 7.01. The summed E-state index contributed by atoms with van der Waals surface area (Å²) in [4.78, 5) is 68.3. The number of piperidine rings is 1. The fourth-order valence-corrected chi connectivity index (χ4v) is 5.33. The Hall–Kier alpha value is -3.11. The van der Waals surface area contributed by atoms with Crippen LogP contribution in [0.5, 0.6) is 0 Å². The second-order valence-corrected chi connectivity index (χ2v) is 8.99. The number of rotatable bonds is 4. The molecule has 2 N–H and O–H groups in total. The lowest BCUT2D eigenvalue weighted by molar-refractivity contribution is -0.137. The summed E-state index contributed by atoms with van der Waals surface area (Å²) in [5.41, 5.74) is 1.25. The summed E-state index contributed by atoms with van der Waals surface area (Å²) in [6, 6.07) is 3.91. The highest BCUT2D eigenvalue weighted by Gasteiger charge is 2.46. The van der Waals surface area contributed by atoms with Crippen LogP contribution in [0.3, 0.4) is 0 Å². The van der Waals surface area contributed by atoms with E-state index in [1.165, 1.54) is 0 Å². The van der Waals surface area contributed by atoms with E-state index in [1.54, 1.807) is 12.1 Å². The van der Waals surface area contributed by atoms with Gasteiger partial charge in [0.15, 0.2) is 0 Å². The molecule has 1 aromatic rings. The highest BCUT2D eigenvalue weighted by Crippen LogP contribution is 2.32. The molecule has 1 unspecified atom stereocenters. The van der Waals surface area contributed by atoms with Gasteiger partial charge in [0.05, 0.1) is 17.2 Å². The highest BCUT2D eigenvalue weighted by molar-refractivity contribution is 6.24. The molecule has 2 atom stereocenters. The van der Waals surface area contributed by atoms with Crippen molar-refractivity contribution in [2.24, 2.45) is 0 Å². The Balaban J connectivity index is 1.37. The van der Waals surface area contributed by atoms with E-state index in [-0.39, 0.29) is 30.4 Å². The number of piperazine rings is 1. The monoisotopic (exact) mass is 453 g/mol. The molecule has 0 radical (unpaired) electrons. The Bertz CT molecular complexity index is 1030. The molecular weight excluding hydrogens is 426 g/mol. The van der Waals surface area contributed by atoms with Gasteiger partial charge in [-0.15, -0.1) is 0 Å². The van der Waals surface area contributed by atoms with Gasteiger partial charge in [0.25, 0.3) is 11.8 Å². The largest absolute Gasteiger partial charge is 0.339 e. The van der Waals surface area contributed by atoms with Crippen molar-refractivity contribution in [1.82, 2.24) is 25.3 Å². The number of nitrogens with one attached hydrogen (secondary N) is 2. The molecular formula is C23H27N5O5. The van der Waals surface area contributed by atoms with Gasteiger partial charge in [-0.25, -0.2) is 0 Å². The van der Waals surface area contributed by atoms with Gasteiger partial charge in [-0.3, -0.25) is 39.1 Å². The first-order chi connectivity index (χ1) is 16.0. The standard InChI is InChI=1S/C23H27N5O5/c29-18-7-6-16(20(30)25-18)28-21(31)15-4-1-3-14(19(15)23(28)33)13-27-10-2-5-17(27)22(32)26-11-8-24-9-12-26/h1,3-4,16-17,24H,2,5-13H2,(H,25,29,30)/t16?,17-/m0/s1. The zero-order valence-electron chi connectivity index (χ0n) is 18.3. The summed E-state index contributed by atoms with van der Waals surface area (Å²) in [5, 5.41) is 5.47. The van der Waals surface area contributed by atoms with Crippen LogP contribution >= 0.6 is 0 Å². The lowest BCUT2D eigenvalue weighted by atomic mass is 10.0. The zero-order chi connectivity index (χ0) is 23.1. The highest BCUT2D eigenvalue weighted by atomic mass is 16.2. The van der Waals surface area contributed by atoms with Crippen LogP contribution in [-0.2, 0) is 20.9 Å². The van der Waals surface area contributed by atoms with E-state index in [4.69, 9.17) is 0 Å². The second-order valence-electron chi connectivity index (χ2n) is 8.99. The van der Waals surface area contributed by atoms with Crippen LogP contribution < -0.4 is 10.6 Å². The van der Waals surface area contributed by atoms with E-state index in [1.807, 2.05) is 11.0 Å². The molecule has 33 heavy (non-hydrogen) atoms. The number of likely N-dealkylation sites (tertiary alicyclic amines) is 1. The maximum absolute atomic E-state index is 13.3. The van der Waals surface area contributed by atoms with Crippen molar-refractivity contribution in [2.75, 3.05) is 32.7 Å². The van der Waals surface area contributed by atoms with Gasteiger partial charge in [-0.05, 0) is 37.4 Å². The number of imide groups is 2. The Kier molecular flexibility index (Phi) is 5.71. The summed E-state index contributed by atoms with van der Waals surface area (Å²) in [6.07, 6.45) is 1.87. The molecule has 1 aromatic carbocycles. The minimum Gasteiger partial charge on any atom is -0.339 e. The van der Waals surface area contributed by atoms with Crippen molar-refractivity contribution >= 4 is 29.5 Å². The summed E-state index contributed by atoms with van der Waals surface area (Å²) in [5.74, 6) is -1.93. The lowest BCUT2D eigenvalue weighted by Gasteiger charge is -2.33. The summed E-state index contributed by atoms with van der Waals surface area (Å²) in [7, 11) is 0. The summed E-state index contributed by atoms with van der Waals surface area (Å²) < 4.78 is 0. The Morgan fingerprint density at radius 3 is 2.55 bits per heavy atom. The van der Waals surface area contributed by atoms with Gasteiger partial charge in [-0.2, -0.15) is 0 Å². The molecule has 3 fully saturated rings. The number of fused-ring (bicyclic) bond motifs is 1. The first-order valence-electron chi connectivity index (χ1n) is 11.5. The summed E-state index contributed by atoms with van der Waals surface area (Å²) >= 11 is 0. The van der Waals surface area contributed by atoms with Crippen LogP contribution in [0, 0.1) is 0 Å². The maximum atomic E-state index is 13.3. The fourth-order valence-electron chi connectivity index (χ4n) is 5.33. The average molecular weight is 453 g/mol. The van der Waals surface area contributed by atoms with Crippen LogP contribution in [0.25, 0.3) is 0 Å². The van der Waals surface area contributed by atoms with Gasteiger partial charge in [0.2, 0.25) is 17.7 Å². The van der Waals surface area contributed by atoms with Gasteiger partial charge < -0.3 is 10.2 Å². The van der Waals surface area contributed by atoms with Crippen molar-refractivity contribution in [1.29, 1.82) is 0 Å². The molecule has 5 rings (SSSR count). The maximum Gasteiger partial charge on any atom is 0.262 e. The Morgan fingerprint density at radius 1 is 1.00 bits per heavy atom. The number of carbonyl (C=O) groups is 5. The number of carbonyl (C=O) groups excluding carboxylic acids is 5. The normalized spacial score (nSPS) is 26.1. The van der Waals surface area contributed by atoms with Crippen LogP contribution in [-0.4, -0.2) is 89.0 Å². The Morgan fingerprint density at radius 2 is 1.79 bits per heavy atom. The minimum atomic E-state index is -0.989. The summed E-state index contributed by atoms with van der Waals surface area (Å²) in [6.45, 7) is 4.09. The average Bonchev–Trinajstić information content (AvgIpc) is 3.37. The quantitative estimate of drug-likeness (QED) is 0.589. The Labute approximate surface area is 191 Å². The van der Waals surface area contributed by atoms with Crippen molar-refractivity contribution in [3.8, 4) is 0 Å². The molecule has 0 saturated carbocycles. The number of benzene rings is 1. The topological polar surface area (TPSA) is 119 Å². The molecule has 0 bridgehead atoms. The van der Waals surface area contributed by atoms with E-state index in [0.29, 0.717) is 30.8 Å². The van der Waals surface area contributed by atoms with Gasteiger partial charge >= 0.3 is 0 Å². The molecule has 4 aliphatic rings. The fraction of sp³-hybridized carbons (Fsp3) is 0.522. The zero-order valence-corrected chi connectivity index (χ0v) is 18.3. The molecule has 0 spiro atoms. The van der Waals surface area contributed by atoms with E-state index in [2.05, 4.69) is 15.5 Å². The molecule has 0 aromatic heterocycles. The number of hydrogen-bond donors (Lipinski definition) is 2. The SMILES string of the molecule is O=C1CCC(N2C(=O)c3cccc(CN4CCC[C@H]4C(=O)N4CCNCC4)c3C2=O)C(=O)N1. The van der Waals surface area contributed by atoms with Gasteiger partial charge in [0, 0.05) is 39.1 Å². The first kappa shape index (κ1) is 21.7.